The number of anilines is 1. The SMILES string of the molecule is CCc1nc2cc(NC(=O)N[C@H](C)CCO)ccc2o1. The molecule has 6 heteroatoms. The predicted molar refractivity (Wildman–Crippen MR) is 76.7 cm³/mol. The van der Waals surface area contributed by atoms with Crippen molar-refractivity contribution in [2.24, 2.45) is 0 Å². The molecule has 0 bridgehead atoms. The number of fused-ring (bicyclic) bond motifs is 1. The topological polar surface area (TPSA) is 87.4 Å². The van der Waals surface area contributed by atoms with Crippen LogP contribution in [0.15, 0.2) is 22.6 Å². The number of aromatic nitrogens is 1. The third kappa shape index (κ3) is 3.48. The molecule has 0 fully saturated rings. The van der Waals surface area contributed by atoms with Crippen LogP contribution in [0.4, 0.5) is 10.5 Å². The van der Waals surface area contributed by atoms with Crippen molar-refractivity contribution in [3.63, 3.8) is 0 Å². The van der Waals surface area contributed by atoms with Crippen LogP contribution in [0.5, 0.6) is 0 Å². The minimum atomic E-state index is -0.301. The first-order valence-corrected chi connectivity index (χ1v) is 6.70. The van der Waals surface area contributed by atoms with Crippen LogP contribution in [0.25, 0.3) is 11.1 Å². The van der Waals surface area contributed by atoms with Crippen LogP contribution < -0.4 is 10.6 Å². The maximum absolute atomic E-state index is 11.7. The molecule has 1 aromatic carbocycles. The first-order valence-electron chi connectivity index (χ1n) is 6.70. The Labute approximate surface area is 117 Å². The van der Waals surface area contributed by atoms with Crippen LogP contribution in [0.2, 0.25) is 0 Å². The number of benzene rings is 1. The van der Waals surface area contributed by atoms with E-state index in [1.165, 1.54) is 0 Å². The van der Waals surface area contributed by atoms with Crippen molar-refractivity contribution in [2.75, 3.05) is 11.9 Å². The summed E-state index contributed by atoms with van der Waals surface area (Å²) >= 11 is 0. The number of hydrogen-bond donors (Lipinski definition) is 3. The van der Waals surface area contributed by atoms with Crippen LogP contribution in [0.3, 0.4) is 0 Å². The highest BCUT2D eigenvalue weighted by molar-refractivity contribution is 5.91. The van der Waals surface area contributed by atoms with Gasteiger partial charge in [-0.05, 0) is 31.5 Å². The second kappa shape index (κ2) is 6.38. The summed E-state index contributed by atoms with van der Waals surface area (Å²) in [5.74, 6) is 0.679. The number of carbonyl (C=O) groups excluding carboxylic acids is 1. The molecule has 0 unspecified atom stereocenters. The number of aryl methyl sites for hydroxylation is 1. The molecule has 1 aromatic heterocycles. The second-order valence-corrected chi connectivity index (χ2v) is 4.66. The number of hydrogen-bond acceptors (Lipinski definition) is 4. The molecule has 20 heavy (non-hydrogen) atoms. The molecule has 2 aromatic rings. The summed E-state index contributed by atoms with van der Waals surface area (Å²) in [6.45, 7) is 3.86. The van der Waals surface area contributed by atoms with Crippen LogP contribution in [-0.4, -0.2) is 28.8 Å². The molecule has 0 saturated heterocycles. The lowest BCUT2D eigenvalue weighted by atomic mass is 10.2. The Balaban J connectivity index is 2.03. The van der Waals surface area contributed by atoms with E-state index in [9.17, 15) is 4.79 Å². The maximum atomic E-state index is 11.7. The van der Waals surface area contributed by atoms with Gasteiger partial charge in [0.05, 0.1) is 0 Å². The number of oxazole rings is 1. The molecule has 3 N–H and O–H groups in total. The molecule has 2 amide bonds. The van der Waals surface area contributed by atoms with Crippen LogP contribution in [-0.2, 0) is 6.42 Å². The van der Waals surface area contributed by atoms with Gasteiger partial charge in [0.25, 0.3) is 0 Å². The van der Waals surface area contributed by atoms with E-state index in [4.69, 9.17) is 9.52 Å². The average molecular weight is 277 g/mol. The van der Waals surface area contributed by atoms with Crippen LogP contribution >= 0.6 is 0 Å². The number of amides is 2. The summed E-state index contributed by atoms with van der Waals surface area (Å²) in [4.78, 5) is 16.1. The fourth-order valence-electron chi connectivity index (χ4n) is 1.86. The largest absolute Gasteiger partial charge is 0.441 e. The number of aliphatic hydroxyl groups is 1. The molecule has 0 radical (unpaired) electrons. The minimum absolute atomic E-state index is 0.0478. The van der Waals surface area contributed by atoms with Crippen molar-refractivity contribution < 1.29 is 14.3 Å². The number of rotatable bonds is 5. The Kier molecular flexibility index (Phi) is 4.57. The molecule has 0 spiro atoms. The lowest BCUT2D eigenvalue weighted by molar-refractivity contribution is 0.241. The molecule has 0 aliphatic rings. The number of nitrogens with one attached hydrogen (secondary N) is 2. The van der Waals surface area contributed by atoms with Crippen molar-refractivity contribution >= 4 is 22.8 Å². The molecular formula is C14H19N3O3. The fraction of sp³-hybridized carbons (Fsp3) is 0.429. The zero-order chi connectivity index (χ0) is 14.5. The zero-order valence-electron chi connectivity index (χ0n) is 11.6. The third-order valence-corrected chi connectivity index (χ3v) is 2.93. The predicted octanol–water partition coefficient (Wildman–Crippen LogP) is 2.28. The van der Waals surface area contributed by atoms with Gasteiger partial charge in [-0.2, -0.15) is 0 Å². The van der Waals surface area contributed by atoms with Gasteiger partial charge in [0.1, 0.15) is 5.52 Å². The van der Waals surface area contributed by atoms with Crippen LogP contribution in [0, 0.1) is 0 Å². The molecule has 0 aliphatic carbocycles. The van der Waals surface area contributed by atoms with Gasteiger partial charge < -0.3 is 20.2 Å². The standard InChI is InChI=1S/C14H19N3O3/c1-3-13-17-11-8-10(4-5-12(11)20-13)16-14(19)15-9(2)6-7-18/h4-5,8-9,18H,3,6-7H2,1-2H3,(H2,15,16,19)/t9-/m1/s1. The highest BCUT2D eigenvalue weighted by Gasteiger charge is 2.09. The Bertz CT molecular complexity index is 594. The highest BCUT2D eigenvalue weighted by atomic mass is 16.3. The van der Waals surface area contributed by atoms with Gasteiger partial charge >= 0.3 is 6.03 Å². The first-order chi connectivity index (χ1) is 9.62. The van der Waals surface area contributed by atoms with E-state index in [-0.39, 0.29) is 18.7 Å². The van der Waals surface area contributed by atoms with Gasteiger partial charge in [-0.25, -0.2) is 9.78 Å². The smallest absolute Gasteiger partial charge is 0.319 e. The number of urea groups is 1. The quantitative estimate of drug-likeness (QED) is 0.782. The van der Waals surface area contributed by atoms with E-state index < -0.39 is 0 Å². The second-order valence-electron chi connectivity index (χ2n) is 4.66. The lowest BCUT2D eigenvalue weighted by Crippen LogP contribution is -2.36. The average Bonchev–Trinajstić information content (AvgIpc) is 2.80. The van der Waals surface area contributed by atoms with E-state index >= 15 is 0 Å². The van der Waals surface area contributed by atoms with Crippen molar-refractivity contribution in [1.29, 1.82) is 0 Å². The molecule has 1 heterocycles. The number of carbonyl (C=O) groups is 1. The van der Waals surface area contributed by atoms with E-state index in [1.54, 1.807) is 18.2 Å². The Morgan fingerprint density at radius 1 is 1.50 bits per heavy atom. The van der Waals surface area contributed by atoms with Gasteiger partial charge in [-0.3, -0.25) is 0 Å². The fourth-order valence-corrected chi connectivity index (χ4v) is 1.86. The molecule has 1 atom stereocenters. The summed E-state index contributed by atoms with van der Waals surface area (Å²) in [5, 5.41) is 14.3. The first kappa shape index (κ1) is 14.3. The van der Waals surface area contributed by atoms with Crippen molar-refractivity contribution in [3.05, 3.63) is 24.1 Å². The minimum Gasteiger partial charge on any atom is -0.441 e. The number of nitrogens with zero attached hydrogens (tertiary/aromatic N) is 1. The summed E-state index contributed by atoms with van der Waals surface area (Å²) in [6.07, 6.45) is 1.26. The van der Waals surface area contributed by atoms with E-state index in [0.29, 0.717) is 23.6 Å². The molecule has 0 saturated carbocycles. The summed E-state index contributed by atoms with van der Waals surface area (Å²) < 4.78 is 5.51. The normalized spacial score (nSPS) is 12.3. The number of aliphatic hydroxyl groups excluding tert-OH is 1. The third-order valence-electron chi connectivity index (χ3n) is 2.93. The Hall–Kier alpha value is -2.08. The molecule has 108 valence electrons. The van der Waals surface area contributed by atoms with Gasteiger partial charge in [-0.15, -0.1) is 0 Å². The monoisotopic (exact) mass is 277 g/mol. The van der Waals surface area contributed by atoms with Gasteiger partial charge in [0.2, 0.25) is 0 Å². The van der Waals surface area contributed by atoms with Gasteiger partial charge in [0, 0.05) is 24.8 Å². The zero-order valence-corrected chi connectivity index (χ0v) is 11.6. The molecule has 2 rings (SSSR count). The van der Waals surface area contributed by atoms with E-state index in [0.717, 1.165) is 11.9 Å². The highest BCUT2D eigenvalue weighted by Crippen LogP contribution is 2.20. The maximum Gasteiger partial charge on any atom is 0.319 e. The lowest BCUT2D eigenvalue weighted by Gasteiger charge is -2.13. The van der Waals surface area contributed by atoms with E-state index in [2.05, 4.69) is 15.6 Å². The summed E-state index contributed by atoms with van der Waals surface area (Å²) in [7, 11) is 0. The Morgan fingerprint density at radius 3 is 3.00 bits per heavy atom. The summed E-state index contributed by atoms with van der Waals surface area (Å²) in [5.41, 5.74) is 2.09. The van der Waals surface area contributed by atoms with Crippen molar-refractivity contribution in [2.45, 2.75) is 32.7 Å². The van der Waals surface area contributed by atoms with Gasteiger partial charge in [-0.1, -0.05) is 6.92 Å². The molecule has 0 aliphatic heterocycles. The van der Waals surface area contributed by atoms with E-state index in [1.807, 2.05) is 13.8 Å². The van der Waals surface area contributed by atoms with Crippen LogP contribution in [0.1, 0.15) is 26.2 Å². The van der Waals surface area contributed by atoms with Crippen molar-refractivity contribution in [1.82, 2.24) is 10.3 Å². The van der Waals surface area contributed by atoms with Crippen molar-refractivity contribution in [3.8, 4) is 0 Å². The Morgan fingerprint density at radius 2 is 2.30 bits per heavy atom. The molecular weight excluding hydrogens is 258 g/mol. The molecule has 6 nitrogen and oxygen atoms in total. The van der Waals surface area contributed by atoms with Gasteiger partial charge in [0.15, 0.2) is 11.5 Å². The summed E-state index contributed by atoms with van der Waals surface area (Å²) in [6, 6.07) is 4.94.